The van der Waals surface area contributed by atoms with E-state index in [-0.39, 0.29) is 5.75 Å². The average Bonchev–Trinajstić information content (AvgIpc) is 2.47. The van der Waals surface area contributed by atoms with Crippen LogP contribution in [-0.4, -0.2) is 27.8 Å². The molecule has 0 atom stereocenters. The second-order valence-corrected chi connectivity index (χ2v) is 6.97. The van der Waals surface area contributed by atoms with Gasteiger partial charge in [0, 0.05) is 6.26 Å². The van der Waals surface area contributed by atoms with Crippen molar-refractivity contribution in [2.75, 3.05) is 13.4 Å². The molecule has 2 aromatic rings. The number of rotatable bonds is 5. The Morgan fingerprint density at radius 3 is 2.00 bits per heavy atom. The predicted octanol–water partition coefficient (Wildman–Crippen LogP) is 2.46. The van der Waals surface area contributed by atoms with E-state index < -0.39 is 15.8 Å². The van der Waals surface area contributed by atoms with Crippen molar-refractivity contribution < 1.29 is 22.7 Å². The number of esters is 1. The first kappa shape index (κ1) is 16.0. The minimum Gasteiger partial charge on any atom is -0.497 e. The maximum Gasteiger partial charge on any atom is 0.343 e. The fourth-order valence-electron chi connectivity index (χ4n) is 1.85. The third-order valence-corrected chi connectivity index (χ3v) is 3.75. The number of benzene rings is 2. The van der Waals surface area contributed by atoms with Crippen molar-refractivity contribution in [2.24, 2.45) is 0 Å². The summed E-state index contributed by atoms with van der Waals surface area (Å²) in [5.41, 5.74) is 0.983. The van der Waals surface area contributed by atoms with Gasteiger partial charge in [-0.3, -0.25) is 0 Å². The highest BCUT2D eigenvalue weighted by Crippen LogP contribution is 2.18. The lowest BCUT2D eigenvalue weighted by molar-refractivity contribution is 0.0734. The van der Waals surface area contributed by atoms with Crippen molar-refractivity contribution in [3.8, 4) is 11.5 Å². The van der Waals surface area contributed by atoms with Crippen molar-refractivity contribution in [3.05, 3.63) is 59.7 Å². The highest BCUT2D eigenvalue weighted by atomic mass is 32.2. The van der Waals surface area contributed by atoms with E-state index in [1.165, 1.54) is 6.26 Å². The second-order valence-electron chi connectivity index (χ2n) is 4.83. The van der Waals surface area contributed by atoms with Gasteiger partial charge in [0.05, 0.1) is 18.4 Å². The van der Waals surface area contributed by atoms with Gasteiger partial charge in [-0.25, -0.2) is 13.2 Å². The van der Waals surface area contributed by atoms with Crippen molar-refractivity contribution in [2.45, 2.75) is 5.75 Å². The first-order valence-electron chi connectivity index (χ1n) is 6.50. The molecule has 6 heteroatoms. The van der Waals surface area contributed by atoms with Crippen LogP contribution in [0.3, 0.4) is 0 Å². The molecule has 0 radical (unpaired) electrons. The molecule has 0 aliphatic heterocycles. The summed E-state index contributed by atoms with van der Waals surface area (Å²) >= 11 is 0. The van der Waals surface area contributed by atoms with Crippen LogP contribution in [0.1, 0.15) is 15.9 Å². The van der Waals surface area contributed by atoms with Gasteiger partial charge < -0.3 is 9.47 Å². The van der Waals surface area contributed by atoms with E-state index in [0.29, 0.717) is 22.6 Å². The molecule has 0 saturated carbocycles. The Labute approximate surface area is 129 Å². The van der Waals surface area contributed by atoms with Gasteiger partial charge in [0.2, 0.25) is 0 Å². The Bertz CT molecular complexity index is 746. The van der Waals surface area contributed by atoms with E-state index in [0.717, 1.165) is 0 Å². The zero-order valence-electron chi connectivity index (χ0n) is 12.3. The Morgan fingerprint density at radius 2 is 1.50 bits per heavy atom. The molecule has 0 saturated heterocycles. The summed E-state index contributed by atoms with van der Waals surface area (Å²) in [5, 5.41) is 0. The van der Waals surface area contributed by atoms with Gasteiger partial charge in [0.15, 0.2) is 9.84 Å². The molecule has 0 unspecified atom stereocenters. The molecule has 0 aliphatic rings. The van der Waals surface area contributed by atoms with Crippen LogP contribution in [0.5, 0.6) is 11.5 Å². The molecule has 116 valence electrons. The highest BCUT2D eigenvalue weighted by Gasteiger charge is 2.10. The van der Waals surface area contributed by atoms with Crippen molar-refractivity contribution >= 4 is 15.8 Å². The number of carbonyl (C=O) groups is 1. The average molecular weight is 320 g/mol. The molecule has 0 amide bonds. The molecule has 0 bridgehead atoms. The number of hydrogen-bond acceptors (Lipinski definition) is 5. The van der Waals surface area contributed by atoms with Crippen LogP contribution in [0.25, 0.3) is 0 Å². The van der Waals surface area contributed by atoms with Crippen LogP contribution in [0.2, 0.25) is 0 Å². The summed E-state index contributed by atoms with van der Waals surface area (Å²) in [7, 11) is -1.54. The smallest absolute Gasteiger partial charge is 0.343 e. The first-order chi connectivity index (χ1) is 10.4. The van der Waals surface area contributed by atoms with Gasteiger partial charge in [-0.1, -0.05) is 12.1 Å². The highest BCUT2D eigenvalue weighted by molar-refractivity contribution is 7.89. The van der Waals surface area contributed by atoms with Crippen molar-refractivity contribution in [1.29, 1.82) is 0 Å². The fourth-order valence-corrected chi connectivity index (χ4v) is 2.65. The molecule has 0 fully saturated rings. The van der Waals surface area contributed by atoms with Crippen molar-refractivity contribution in [3.63, 3.8) is 0 Å². The molecule has 0 heterocycles. The van der Waals surface area contributed by atoms with E-state index in [1.54, 1.807) is 55.6 Å². The van der Waals surface area contributed by atoms with E-state index in [9.17, 15) is 13.2 Å². The minimum absolute atomic E-state index is 0.0548. The Kier molecular flexibility index (Phi) is 4.82. The number of carbonyl (C=O) groups excluding carboxylic acids is 1. The maximum atomic E-state index is 12.0. The quantitative estimate of drug-likeness (QED) is 0.625. The summed E-state index contributed by atoms with van der Waals surface area (Å²) < 4.78 is 32.7. The Hall–Kier alpha value is -2.34. The van der Waals surface area contributed by atoms with E-state index in [1.807, 2.05) is 0 Å². The van der Waals surface area contributed by atoms with Crippen LogP contribution in [0.15, 0.2) is 48.5 Å². The number of sulfone groups is 1. The van der Waals surface area contributed by atoms with Gasteiger partial charge in [-0.2, -0.15) is 0 Å². The minimum atomic E-state index is -3.09. The van der Waals surface area contributed by atoms with E-state index in [4.69, 9.17) is 9.47 Å². The molecule has 2 rings (SSSR count). The Morgan fingerprint density at radius 1 is 0.955 bits per heavy atom. The second kappa shape index (κ2) is 6.62. The zero-order valence-corrected chi connectivity index (χ0v) is 13.1. The van der Waals surface area contributed by atoms with Gasteiger partial charge in [0.25, 0.3) is 0 Å². The molecule has 2 aromatic carbocycles. The lowest BCUT2D eigenvalue weighted by Gasteiger charge is -2.06. The molecule has 0 spiro atoms. The predicted molar refractivity (Wildman–Crippen MR) is 82.9 cm³/mol. The molecule has 22 heavy (non-hydrogen) atoms. The number of methoxy groups -OCH3 is 1. The van der Waals surface area contributed by atoms with E-state index in [2.05, 4.69) is 0 Å². The normalized spacial score (nSPS) is 11.0. The summed E-state index contributed by atoms with van der Waals surface area (Å²) in [6.45, 7) is 0. The summed E-state index contributed by atoms with van der Waals surface area (Å²) in [6.07, 6.45) is 1.17. The van der Waals surface area contributed by atoms with Crippen LogP contribution in [0, 0.1) is 0 Å². The van der Waals surface area contributed by atoms with Gasteiger partial charge in [-0.05, 0) is 42.0 Å². The summed E-state index contributed by atoms with van der Waals surface area (Å²) in [5.74, 6) is 0.521. The standard InChI is InChI=1S/C16H16O5S/c1-20-14-7-9-15(10-8-14)21-16(17)13-5-3-12(4-6-13)11-22(2,18)19/h3-10H,11H2,1-2H3. The van der Waals surface area contributed by atoms with Gasteiger partial charge >= 0.3 is 5.97 Å². The molecule has 0 aliphatic carbocycles. The largest absolute Gasteiger partial charge is 0.497 e. The van der Waals surface area contributed by atoms with Gasteiger partial charge in [-0.15, -0.1) is 0 Å². The topological polar surface area (TPSA) is 69.7 Å². The third kappa shape index (κ3) is 4.60. The molecular formula is C16H16O5S. The van der Waals surface area contributed by atoms with Crippen molar-refractivity contribution in [1.82, 2.24) is 0 Å². The monoisotopic (exact) mass is 320 g/mol. The van der Waals surface area contributed by atoms with Gasteiger partial charge in [0.1, 0.15) is 11.5 Å². The SMILES string of the molecule is COc1ccc(OC(=O)c2ccc(CS(C)(=O)=O)cc2)cc1. The number of ether oxygens (including phenoxy) is 2. The molecule has 0 aromatic heterocycles. The van der Waals surface area contributed by atoms with Crippen LogP contribution in [-0.2, 0) is 15.6 Å². The molecular weight excluding hydrogens is 304 g/mol. The lowest BCUT2D eigenvalue weighted by atomic mass is 10.1. The number of hydrogen-bond donors (Lipinski definition) is 0. The fraction of sp³-hybridized carbons (Fsp3) is 0.188. The Balaban J connectivity index is 2.05. The molecule has 0 N–H and O–H groups in total. The molecule has 5 nitrogen and oxygen atoms in total. The summed E-state index contributed by atoms with van der Waals surface area (Å²) in [6, 6.07) is 13.0. The lowest BCUT2D eigenvalue weighted by Crippen LogP contribution is -2.09. The van der Waals surface area contributed by atoms with E-state index >= 15 is 0 Å². The van der Waals surface area contributed by atoms with Crippen LogP contribution < -0.4 is 9.47 Å². The zero-order chi connectivity index (χ0) is 16.2. The van der Waals surface area contributed by atoms with Crippen LogP contribution in [0.4, 0.5) is 0 Å². The maximum absolute atomic E-state index is 12.0. The first-order valence-corrected chi connectivity index (χ1v) is 8.56. The third-order valence-electron chi connectivity index (χ3n) is 2.89. The van der Waals surface area contributed by atoms with Crippen LogP contribution >= 0.6 is 0 Å². The summed E-state index contributed by atoms with van der Waals surface area (Å²) in [4.78, 5) is 12.0.